The maximum atomic E-state index is 11.0. The second-order valence-corrected chi connectivity index (χ2v) is 4.71. The molecule has 0 amide bonds. The van der Waals surface area contributed by atoms with Gasteiger partial charge in [-0.3, -0.25) is 0 Å². The quantitative estimate of drug-likeness (QED) is 0.738. The summed E-state index contributed by atoms with van der Waals surface area (Å²) in [7, 11) is -3.92. The van der Waals surface area contributed by atoms with Gasteiger partial charge < -0.3 is 5.73 Å². The van der Waals surface area contributed by atoms with E-state index in [1.165, 1.54) is 12.1 Å². The number of nitrogen functional groups attached to an aromatic ring is 1. The minimum atomic E-state index is -3.92. The molecule has 0 fully saturated rings. The van der Waals surface area contributed by atoms with Crippen LogP contribution in [-0.4, -0.2) is 8.42 Å². The highest BCUT2D eigenvalue weighted by molar-refractivity contribution is 7.88. The van der Waals surface area contributed by atoms with Crippen molar-refractivity contribution < 1.29 is 8.42 Å². The Hall–Kier alpha value is -1.59. The van der Waals surface area contributed by atoms with E-state index >= 15 is 0 Å². The molecule has 0 bridgehead atoms. The first-order valence-electron chi connectivity index (χ1n) is 4.26. The molecule has 0 aromatic heterocycles. The summed E-state index contributed by atoms with van der Waals surface area (Å²) in [4.78, 5) is -0.0344. The predicted octanol–water partition coefficient (Wildman–Crippen LogP) is 1.39. The molecule has 77 valence electrons. The van der Waals surface area contributed by atoms with Gasteiger partial charge >= 0.3 is 0 Å². The van der Waals surface area contributed by atoms with Crippen LogP contribution in [0.5, 0.6) is 0 Å². The Kier molecular flexibility index (Phi) is 2.13. The maximum absolute atomic E-state index is 11.0. The Morgan fingerprint density at radius 2 is 1.87 bits per heavy atom. The van der Waals surface area contributed by atoms with Crippen molar-refractivity contribution in [3.8, 4) is 0 Å². The van der Waals surface area contributed by atoms with Crippen molar-refractivity contribution in [3.63, 3.8) is 0 Å². The van der Waals surface area contributed by atoms with Gasteiger partial charge in [0.1, 0.15) is 0 Å². The highest BCUT2D eigenvalue weighted by atomic mass is 32.2. The molecule has 0 saturated heterocycles. The van der Waals surface area contributed by atoms with E-state index in [1.807, 2.05) is 6.07 Å². The molecular formula is C10H9N2O2S. The van der Waals surface area contributed by atoms with Gasteiger partial charge in [0.2, 0.25) is 0 Å². The normalized spacial score (nSPS) is 11.8. The zero-order chi connectivity index (χ0) is 11.1. The number of rotatable bonds is 1. The molecule has 0 aliphatic heterocycles. The number of nitrogens with two attached hydrogens (primary N) is 1. The van der Waals surface area contributed by atoms with E-state index in [2.05, 4.69) is 0 Å². The van der Waals surface area contributed by atoms with E-state index in [4.69, 9.17) is 10.9 Å². The molecular weight excluding hydrogens is 212 g/mol. The number of hydrogen-bond donors (Lipinski definition) is 1. The minimum Gasteiger partial charge on any atom is -0.398 e. The molecule has 4 nitrogen and oxygen atoms in total. The lowest BCUT2D eigenvalue weighted by Gasteiger charge is -2.03. The van der Waals surface area contributed by atoms with Gasteiger partial charge in [0.15, 0.2) is 0 Å². The molecule has 0 atom stereocenters. The van der Waals surface area contributed by atoms with Crippen LogP contribution in [-0.2, 0) is 10.0 Å². The summed E-state index contributed by atoms with van der Waals surface area (Å²) in [6.45, 7) is 0. The Balaban J connectivity index is 2.81. The molecule has 1 radical (unpaired) electrons. The summed E-state index contributed by atoms with van der Waals surface area (Å²) in [5.74, 6) is 0. The van der Waals surface area contributed by atoms with Crippen molar-refractivity contribution in [3.05, 3.63) is 36.4 Å². The second kappa shape index (κ2) is 3.22. The smallest absolute Gasteiger partial charge is 0.254 e. The van der Waals surface area contributed by atoms with E-state index in [0.717, 1.165) is 5.39 Å². The monoisotopic (exact) mass is 221 g/mol. The van der Waals surface area contributed by atoms with Crippen molar-refractivity contribution in [2.24, 2.45) is 0 Å². The van der Waals surface area contributed by atoms with Gasteiger partial charge in [-0.15, -0.1) is 5.14 Å². The standard InChI is InChI=1S/C10H9N2O2S/c11-10-3-1-2-7-4-5-8(6-9(7)10)15(12,13)14/h1-6,12H,11H2. The van der Waals surface area contributed by atoms with Gasteiger partial charge in [0, 0.05) is 11.1 Å². The molecule has 0 aliphatic carbocycles. The zero-order valence-corrected chi connectivity index (χ0v) is 8.58. The van der Waals surface area contributed by atoms with Crippen LogP contribution in [0.25, 0.3) is 10.8 Å². The summed E-state index contributed by atoms with van der Waals surface area (Å²) >= 11 is 0. The molecule has 0 unspecified atom stereocenters. The van der Waals surface area contributed by atoms with Crippen molar-refractivity contribution >= 4 is 26.5 Å². The van der Waals surface area contributed by atoms with Crippen LogP contribution in [0.4, 0.5) is 5.69 Å². The van der Waals surface area contributed by atoms with Crippen molar-refractivity contribution in [2.45, 2.75) is 4.90 Å². The molecule has 0 spiro atoms. The molecule has 2 aromatic rings. The van der Waals surface area contributed by atoms with Gasteiger partial charge in [-0.05, 0) is 23.6 Å². The molecule has 2 rings (SSSR count). The van der Waals surface area contributed by atoms with Gasteiger partial charge in [-0.25, -0.2) is 8.42 Å². The Morgan fingerprint density at radius 1 is 1.13 bits per heavy atom. The number of anilines is 1. The number of nitrogens with one attached hydrogen (secondary N) is 1. The van der Waals surface area contributed by atoms with E-state index in [-0.39, 0.29) is 4.90 Å². The summed E-state index contributed by atoms with van der Waals surface area (Å²) < 4.78 is 22.0. The van der Waals surface area contributed by atoms with Crippen molar-refractivity contribution in [1.29, 1.82) is 0 Å². The first-order valence-corrected chi connectivity index (χ1v) is 5.75. The third kappa shape index (κ3) is 1.79. The molecule has 5 heteroatoms. The van der Waals surface area contributed by atoms with Crippen LogP contribution in [0.15, 0.2) is 41.3 Å². The Labute approximate surface area is 87.6 Å². The summed E-state index contributed by atoms with van der Waals surface area (Å²) in [5, 5.41) is 8.47. The molecule has 0 aliphatic rings. The van der Waals surface area contributed by atoms with E-state index in [9.17, 15) is 8.42 Å². The molecule has 3 N–H and O–H groups in total. The minimum absolute atomic E-state index is 0.0344. The highest BCUT2D eigenvalue weighted by Gasteiger charge is 2.09. The van der Waals surface area contributed by atoms with Crippen LogP contribution < -0.4 is 10.9 Å². The van der Waals surface area contributed by atoms with Gasteiger partial charge in [-0.1, -0.05) is 18.2 Å². The first kappa shape index (κ1) is 9.95. The summed E-state index contributed by atoms with van der Waals surface area (Å²) in [5.41, 5.74) is 6.22. The van der Waals surface area contributed by atoms with Crippen molar-refractivity contribution in [2.75, 3.05) is 5.73 Å². The van der Waals surface area contributed by atoms with Gasteiger partial charge in [0.05, 0.1) is 4.90 Å². The van der Waals surface area contributed by atoms with Gasteiger partial charge in [-0.2, -0.15) is 0 Å². The van der Waals surface area contributed by atoms with Crippen LogP contribution in [0.3, 0.4) is 0 Å². The lowest BCUT2D eigenvalue weighted by Crippen LogP contribution is -2.00. The number of sulfonamides is 1. The predicted molar refractivity (Wildman–Crippen MR) is 58.6 cm³/mol. The second-order valence-electron chi connectivity index (χ2n) is 3.23. The number of fused-ring (bicyclic) bond motifs is 1. The average Bonchev–Trinajstić information content (AvgIpc) is 2.16. The maximum Gasteiger partial charge on any atom is 0.254 e. The average molecular weight is 221 g/mol. The third-order valence-electron chi connectivity index (χ3n) is 2.20. The summed E-state index contributed by atoms with van der Waals surface area (Å²) in [6.07, 6.45) is 0. The largest absolute Gasteiger partial charge is 0.398 e. The lowest BCUT2D eigenvalue weighted by atomic mass is 10.1. The van der Waals surface area contributed by atoms with Crippen LogP contribution >= 0.6 is 0 Å². The topological polar surface area (TPSA) is 84.0 Å². The van der Waals surface area contributed by atoms with Crippen molar-refractivity contribution in [1.82, 2.24) is 5.14 Å². The number of hydrogen-bond acceptors (Lipinski definition) is 3. The van der Waals surface area contributed by atoms with Crippen LogP contribution in [0, 0.1) is 0 Å². The molecule has 15 heavy (non-hydrogen) atoms. The fourth-order valence-corrected chi connectivity index (χ4v) is 1.96. The van der Waals surface area contributed by atoms with Crippen LogP contribution in [0.2, 0.25) is 0 Å². The van der Waals surface area contributed by atoms with Gasteiger partial charge in [0.25, 0.3) is 10.0 Å². The first-order chi connectivity index (χ1) is 6.98. The van der Waals surface area contributed by atoms with Crippen LogP contribution in [0.1, 0.15) is 0 Å². The SMILES string of the molecule is [NH]S(=O)(=O)c1ccc2cccc(N)c2c1. The lowest BCUT2D eigenvalue weighted by molar-refractivity contribution is 0.596. The molecule has 2 aromatic carbocycles. The van der Waals surface area contributed by atoms with E-state index in [1.54, 1.807) is 18.2 Å². The van der Waals surface area contributed by atoms with E-state index in [0.29, 0.717) is 11.1 Å². The molecule has 0 saturated carbocycles. The van der Waals surface area contributed by atoms with E-state index < -0.39 is 10.0 Å². The Morgan fingerprint density at radius 3 is 2.53 bits per heavy atom. The third-order valence-corrected chi connectivity index (χ3v) is 3.07. The fourth-order valence-electron chi connectivity index (χ4n) is 1.44. The highest BCUT2D eigenvalue weighted by Crippen LogP contribution is 2.23. The molecule has 0 heterocycles. The number of benzene rings is 2. The fraction of sp³-hybridized carbons (Fsp3) is 0. The zero-order valence-electron chi connectivity index (χ0n) is 7.77. The Bertz CT molecular complexity index is 620. The summed E-state index contributed by atoms with van der Waals surface area (Å²) in [6, 6.07) is 9.81.